The van der Waals surface area contributed by atoms with Crippen molar-refractivity contribution < 1.29 is 14.0 Å². The molecule has 1 unspecified atom stereocenters. The lowest BCUT2D eigenvalue weighted by Crippen LogP contribution is -2.44. The molecule has 2 amide bonds. The average molecular weight is 463 g/mol. The molecule has 0 saturated carbocycles. The molecule has 0 fully saturated rings. The van der Waals surface area contributed by atoms with Crippen LogP contribution in [0.5, 0.6) is 0 Å². The lowest BCUT2D eigenvalue weighted by molar-refractivity contribution is -0.119. The van der Waals surface area contributed by atoms with Gasteiger partial charge in [-0.05, 0) is 66.4 Å². The lowest BCUT2D eigenvalue weighted by Gasteiger charge is -2.27. The first kappa shape index (κ1) is 21.2. The number of aryl methyl sites for hydroxylation is 1. The van der Waals surface area contributed by atoms with Crippen LogP contribution in [0, 0.1) is 5.82 Å². The van der Waals surface area contributed by atoms with Crippen LogP contribution in [0.25, 0.3) is 5.70 Å². The van der Waals surface area contributed by atoms with E-state index in [1.54, 1.807) is 41.4 Å². The minimum absolute atomic E-state index is 0.327. The standard InChI is InChI=1S/C25H20ClFN4O2/c26-21-7-2-1-6-18(21)25(33)29-16-10-8-14-9-11-19-22(24(28)32)30-31(23(19)20(14)13-16)17-5-3-4-15(27)12-17/h1-8,10,12-13,22,30H,9,11H2,(H2,28,32)(H,29,33). The molecule has 1 heterocycles. The normalized spacial score (nSPS) is 16.9. The molecule has 1 aliphatic carbocycles. The topological polar surface area (TPSA) is 87.5 Å². The minimum atomic E-state index is -0.696. The van der Waals surface area contributed by atoms with Crippen LogP contribution in [-0.2, 0) is 11.2 Å². The summed E-state index contributed by atoms with van der Waals surface area (Å²) >= 11 is 6.16. The quantitative estimate of drug-likeness (QED) is 0.540. The van der Waals surface area contributed by atoms with E-state index in [9.17, 15) is 14.0 Å². The zero-order valence-corrected chi connectivity index (χ0v) is 18.2. The molecule has 166 valence electrons. The second kappa shape index (κ2) is 8.35. The number of carbonyl (C=O) groups is 2. The van der Waals surface area contributed by atoms with Crippen LogP contribution >= 0.6 is 11.6 Å². The van der Waals surface area contributed by atoms with Crippen molar-refractivity contribution in [2.24, 2.45) is 5.73 Å². The molecule has 4 N–H and O–H groups in total. The summed E-state index contributed by atoms with van der Waals surface area (Å²) in [5.74, 6) is -1.23. The Morgan fingerprint density at radius 3 is 2.64 bits per heavy atom. The van der Waals surface area contributed by atoms with E-state index in [1.165, 1.54) is 12.1 Å². The number of primary amides is 1. The summed E-state index contributed by atoms with van der Waals surface area (Å²) in [7, 11) is 0. The number of halogens is 2. The van der Waals surface area contributed by atoms with Gasteiger partial charge in [0.25, 0.3) is 5.91 Å². The average Bonchev–Trinajstić information content (AvgIpc) is 3.20. The third-order valence-electron chi connectivity index (χ3n) is 5.89. The smallest absolute Gasteiger partial charge is 0.257 e. The van der Waals surface area contributed by atoms with Crippen LogP contribution in [0.4, 0.5) is 15.8 Å². The van der Waals surface area contributed by atoms with Gasteiger partial charge < -0.3 is 11.1 Å². The predicted molar refractivity (Wildman–Crippen MR) is 126 cm³/mol. The number of nitrogens with one attached hydrogen (secondary N) is 2. The number of hydrazine groups is 1. The van der Waals surface area contributed by atoms with Crippen LogP contribution in [0.3, 0.4) is 0 Å². The molecular formula is C25H20ClFN4O2. The number of nitrogens with zero attached hydrogens (tertiary/aromatic N) is 1. The largest absolute Gasteiger partial charge is 0.368 e. The van der Waals surface area contributed by atoms with Crippen molar-refractivity contribution in [1.82, 2.24) is 5.43 Å². The summed E-state index contributed by atoms with van der Waals surface area (Å²) < 4.78 is 14.0. The number of anilines is 2. The third kappa shape index (κ3) is 3.86. The number of hydrogen-bond donors (Lipinski definition) is 3. The number of hydrogen-bond acceptors (Lipinski definition) is 4. The van der Waals surface area contributed by atoms with E-state index < -0.39 is 17.8 Å². The Kier molecular flexibility index (Phi) is 5.36. The van der Waals surface area contributed by atoms with Gasteiger partial charge in [0, 0.05) is 11.3 Å². The Bertz CT molecular complexity index is 1320. The fraction of sp³-hybridized carbons (Fsp3) is 0.120. The second-order valence-electron chi connectivity index (χ2n) is 7.96. The number of rotatable bonds is 4. The number of fused-ring (bicyclic) bond motifs is 2. The summed E-state index contributed by atoms with van der Waals surface area (Å²) in [4.78, 5) is 24.9. The van der Waals surface area contributed by atoms with Gasteiger partial charge in [0.15, 0.2) is 0 Å². The van der Waals surface area contributed by atoms with Gasteiger partial charge in [0.05, 0.1) is 22.0 Å². The summed E-state index contributed by atoms with van der Waals surface area (Å²) in [5.41, 5.74) is 13.8. The monoisotopic (exact) mass is 462 g/mol. The number of carbonyl (C=O) groups excluding carboxylic acids is 2. The molecule has 0 bridgehead atoms. The maximum atomic E-state index is 14.0. The number of benzene rings is 3. The second-order valence-corrected chi connectivity index (χ2v) is 8.37. The van der Waals surface area contributed by atoms with Crippen molar-refractivity contribution in [2.75, 3.05) is 10.3 Å². The van der Waals surface area contributed by atoms with Crippen LogP contribution in [0.2, 0.25) is 5.02 Å². The first-order chi connectivity index (χ1) is 15.9. The molecule has 8 heteroatoms. The van der Waals surface area contributed by atoms with Crippen molar-refractivity contribution in [1.29, 1.82) is 0 Å². The molecule has 3 aromatic rings. The number of amides is 2. The lowest BCUT2D eigenvalue weighted by atomic mass is 9.86. The summed E-state index contributed by atoms with van der Waals surface area (Å²) in [6, 6.07) is 17.9. The van der Waals surface area contributed by atoms with Crippen LogP contribution < -0.4 is 21.5 Å². The van der Waals surface area contributed by atoms with E-state index in [0.717, 1.165) is 28.8 Å². The SMILES string of the molecule is NC(=O)C1NN(c2cccc(F)c2)C2=C1CCc1ccc(NC(=O)c3ccccc3Cl)cc12. The van der Waals surface area contributed by atoms with Crippen molar-refractivity contribution in [3.05, 3.63) is 99.8 Å². The van der Waals surface area contributed by atoms with Gasteiger partial charge in [0.1, 0.15) is 11.9 Å². The molecule has 1 atom stereocenters. The van der Waals surface area contributed by atoms with Crippen LogP contribution in [0.1, 0.15) is 27.9 Å². The third-order valence-corrected chi connectivity index (χ3v) is 6.22. The summed E-state index contributed by atoms with van der Waals surface area (Å²) in [5, 5.41) is 4.95. The van der Waals surface area contributed by atoms with E-state index in [2.05, 4.69) is 10.7 Å². The highest BCUT2D eigenvalue weighted by Gasteiger charge is 2.38. The molecule has 33 heavy (non-hydrogen) atoms. The zero-order valence-electron chi connectivity index (χ0n) is 17.4. The Balaban J connectivity index is 1.56. The van der Waals surface area contributed by atoms with Gasteiger partial charge in [-0.15, -0.1) is 0 Å². The number of nitrogens with two attached hydrogens (primary N) is 1. The Hall–Kier alpha value is -3.68. The first-order valence-corrected chi connectivity index (χ1v) is 10.8. The molecule has 1 aliphatic heterocycles. The molecule has 3 aromatic carbocycles. The summed E-state index contributed by atoms with van der Waals surface area (Å²) in [6.07, 6.45) is 1.36. The van der Waals surface area contributed by atoms with Crippen molar-refractivity contribution in [2.45, 2.75) is 18.9 Å². The minimum Gasteiger partial charge on any atom is -0.368 e. The fourth-order valence-electron chi connectivity index (χ4n) is 4.37. The van der Waals surface area contributed by atoms with E-state index in [-0.39, 0.29) is 5.91 Å². The van der Waals surface area contributed by atoms with Gasteiger partial charge in [-0.1, -0.05) is 35.9 Å². The van der Waals surface area contributed by atoms with E-state index in [0.29, 0.717) is 28.4 Å². The highest BCUT2D eigenvalue weighted by atomic mass is 35.5. The maximum Gasteiger partial charge on any atom is 0.257 e. The zero-order chi connectivity index (χ0) is 23.1. The molecular weight excluding hydrogens is 443 g/mol. The van der Waals surface area contributed by atoms with Crippen molar-refractivity contribution >= 4 is 40.5 Å². The van der Waals surface area contributed by atoms with Crippen LogP contribution in [-0.4, -0.2) is 17.9 Å². The molecule has 0 spiro atoms. The Morgan fingerprint density at radius 1 is 1.06 bits per heavy atom. The molecule has 2 aliphatic rings. The predicted octanol–water partition coefficient (Wildman–Crippen LogP) is 4.27. The fourth-order valence-corrected chi connectivity index (χ4v) is 4.59. The molecule has 6 nitrogen and oxygen atoms in total. The Morgan fingerprint density at radius 2 is 1.88 bits per heavy atom. The van der Waals surface area contributed by atoms with Gasteiger partial charge >= 0.3 is 0 Å². The summed E-state index contributed by atoms with van der Waals surface area (Å²) in [6.45, 7) is 0. The molecule has 0 aromatic heterocycles. The van der Waals surface area contributed by atoms with Crippen molar-refractivity contribution in [3.8, 4) is 0 Å². The van der Waals surface area contributed by atoms with E-state index >= 15 is 0 Å². The van der Waals surface area contributed by atoms with Crippen molar-refractivity contribution in [3.63, 3.8) is 0 Å². The molecule has 5 rings (SSSR count). The highest BCUT2D eigenvalue weighted by Crippen LogP contribution is 2.41. The van der Waals surface area contributed by atoms with Crippen LogP contribution in [0.15, 0.2) is 72.3 Å². The van der Waals surface area contributed by atoms with Gasteiger partial charge in [-0.25, -0.2) is 9.82 Å². The van der Waals surface area contributed by atoms with Gasteiger partial charge in [0.2, 0.25) is 5.91 Å². The molecule has 0 saturated heterocycles. The molecule has 0 radical (unpaired) electrons. The van der Waals surface area contributed by atoms with E-state index in [1.807, 2.05) is 18.2 Å². The van der Waals surface area contributed by atoms with Gasteiger partial charge in [-0.2, -0.15) is 0 Å². The maximum absolute atomic E-state index is 14.0. The first-order valence-electron chi connectivity index (χ1n) is 10.5. The van der Waals surface area contributed by atoms with Gasteiger partial charge in [-0.3, -0.25) is 14.6 Å². The van der Waals surface area contributed by atoms with E-state index in [4.69, 9.17) is 17.3 Å². The Labute approximate surface area is 194 Å². The highest BCUT2D eigenvalue weighted by molar-refractivity contribution is 6.34.